The van der Waals surface area contributed by atoms with Gasteiger partial charge in [0, 0.05) is 25.7 Å². The highest BCUT2D eigenvalue weighted by Gasteiger charge is 2.30. The molecule has 0 heterocycles. The number of hydrogen-bond acceptors (Lipinski definition) is 15. The van der Waals surface area contributed by atoms with Gasteiger partial charge in [-0.1, -0.05) is 368 Å². The summed E-state index contributed by atoms with van der Waals surface area (Å²) in [5, 5.41) is 10.6. The molecule has 0 radical (unpaired) electrons. The number of unbranched alkanes of at least 4 members (excludes halogenated alkanes) is 53. The third kappa shape index (κ3) is 72.2. The van der Waals surface area contributed by atoms with E-state index >= 15 is 0 Å². The van der Waals surface area contributed by atoms with Gasteiger partial charge in [-0.25, -0.2) is 9.13 Å². The lowest BCUT2D eigenvalue weighted by atomic mass is 10.0. The Morgan fingerprint density at radius 1 is 0.247 bits per heavy atom. The van der Waals surface area contributed by atoms with Crippen LogP contribution >= 0.6 is 15.6 Å². The Bertz CT molecular complexity index is 1840. The molecule has 0 fully saturated rings. The van der Waals surface area contributed by atoms with Crippen LogP contribution in [0.2, 0.25) is 0 Å². The van der Waals surface area contributed by atoms with E-state index in [1.165, 1.54) is 238 Å². The van der Waals surface area contributed by atoms with Gasteiger partial charge in [-0.3, -0.25) is 37.3 Å². The van der Waals surface area contributed by atoms with E-state index < -0.39 is 97.5 Å². The molecule has 0 amide bonds. The van der Waals surface area contributed by atoms with Gasteiger partial charge in [0.2, 0.25) is 0 Å². The minimum Gasteiger partial charge on any atom is -0.462 e. The molecule has 0 saturated heterocycles. The number of carbonyl (C=O) groups excluding carboxylic acids is 4. The molecule has 2 unspecified atom stereocenters. The van der Waals surface area contributed by atoms with E-state index in [4.69, 9.17) is 37.0 Å². The molecule has 19 heteroatoms. The van der Waals surface area contributed by atoms with Crippen LogP contribution in [-0.4, -0.2) is 96.7 Å². The number of phosphoric acid groups is 2. The quantitative estimate of drug-likeness (QED) is 0.0222. The molecular formula is C78H152O17P2. The second-order valence-corrected chi connectivity index (χ2v) is 31.0. The molecule has 5 atom stereocenters. The predicted octanol–water partition coefficient (Wildman–Crippen LogP) is 23.4. The molecule has 0 bridgehead atoms. The van der Waals surface area contributed by atoms with Crippen LogP contribution in [0.4, 0.5) is 0 Å². The Hall–Kier alpha value is -1.94. The fourth-order valence-electron chi connectivity index (χ4n) is 12.1. The van der Waals surface area contributed by atoms with Crippen molar-refractivity contribution in [3.63, 3.8) is 0 Å². The van der Waals surface area contributed by atoms with Crippen LogP contribution < -0.4 is 0 Å². The number of ether oxygens (including phenoxy) is 4. The Morgan fingerprint density at radius 2 is 0.412 bits per heavy atom. The van der Waals surface area contributed by atoms with Crippen LogP contribution in [0.5, 0.6) is 0 Å². The highest BCUT2D eigenvalue weighted by Crippen LogP contribution is 2.45. The van der Waals surface area contributed by atoms with E-state index in [0.29, 0.717) is 25.7 Å². The molecule has 0 aromatic carbocycles. The van der Waals surface area contributed by atoms with E-state index in [-0.39, 0.29) is 25.7 Å². The van der Waals surface area contributed by atoms with E-state index in [1.54, 1.807) is 0 Å². The predicted molar refractivity (Wildman–Crippen MR) is 395 cm³/mol. The zero-order valence-electron chi connectivity index (χ0n) is 63.1. The standard InChI is InChI=1S/C78H152O17P2/c1-5-9-13-17-21-24-27-30-33-35-37-39-42-44-47-51-55-59-63-76(81)89-69-74(95-78(83)65-61-57-53-49-46-43-40-38-36-34-31-28-25-22-18-14-10-6-2)71-93-97(86,87)91-67-72(79)66-90-96(84,85)92-70-73(68-88-75(80)62-58-54-50-20-16-12-8-4)94-77(82)64-60-56-52-48-45-41-32-29-26-23-19-15-11-7-3/h72-74,79H,5-71H2,1-4H3,(H,84,85)(H,86,87)/t72-,73+,74+/m0/s1. The van der Waals surface area contributed by atoms with Crippen molar-refractivity contribution in [2.45, 2.75) is 438 Å². The van der Waals surface area contributed by atoms with Gasteiger partial charge in [-0.05, 0) is 25.7 Å². The van der Waals surface area contributed by atoms with Gasteiger partial charge in [0.1, 0.15) is 19.3 Å². The SMILES string of the molecule is CCCCCCCCCCCCCCCCCCCCC(=O)OC[C@H](COP(=O)(O)OC[C@@H](O)COP(=O)(O)OC[C@@H](COC(=O)CCCCCCCCC)OC(=O)CCCCCCCCCCCCCCCC)OC(=O)CCCCCCCCCCCCCCCCCCCC. The van der Waals surface area contributed by atoms with Crippen LogP contribution in [0.25, 0.3) is 0 Å². The highest BCUT2D eigenvalue weighted by molar-refractivity contribution is 7.47. The van der Waals surface area contributed by atoms with Gasteiger partial charge >= 0.3 is 39.5 Å². The molecule has 0 aliphatic rings. The number of rotatable bonds is 79. The summed E-state index contributed by atoms with van der Waals surface area (Å²) in [6.07, 6.45) is 63.9. The maximum Gasteiger partial charge on any atom is 0.472 e. The third-order valence-corrected chi connectivity index (χ3v) is 20.3. The smallest absolute Gasteiger partial charge is 0.462 e. The van der Waals surface area contributed by atoms with Crippen molar-refractivity contribution < 1.29 is 80.2 Å². The summed E-state index contributed by atoms with van der Waals surface area (Å²) in [5.41, 5.74) is 0. The van der Waals surface area contributed by atoms with Crippen LogP contribution in [0.3, 0.4) is 0 Å². The Morgan fingerprint density at radius 3 is 0.608 bits per heavy atom. The normalized spacial score (nSPS) is 13.8. The molecule has 0 spiro atoms. The van der Waals surface area contributed by atoms with E-state index in [1.807, 2.05) is 0 Å². The molecule has 0 aliphatic carbocycles. The second kappa shape index (κ2) is 72.4. The molecule has 0 aromatic rings. The number of aliphatic hydroxyl groups excluding tert-OH is 1. The summed E-state index contributed by atoms with van der Waals surface area (Å²) in [4.78, 5) is 72.8. The Balaban J connectivity index is 5.18. The monoisotopic (exact) mass is 1420 g/mol. The first-order valence-electron chi connectivity index (χ1n) is 40.8. The van der Waals surface area contributed by atoms with Crippen molar-refractivity contribution in [2.24, 2.45) is 0 Å². The highest BCUT2D eigenvalue weighted by atomic mass is 31.2. The van der Waals surface area contributed by atoms with Crippen LogP contribution in [-0.2, 0) is 65.4 Å². The fourth-order valence-corrected chi connectivity index (χ4v) is 13.7. The number of carbonyl (C=O) groups is 4. The van der Waals surface area contributed by atoms with E-state index in [2.05, 4.69) is 27.7 Å². The molecular weight excluding hydrogens is 1270 g/mol. The first-order valence-corrected chi connectivity index (χ1v) is 43.8. The summed E-state index contributed by atoms with van der Waals surface area (Å²) in [6, 6.07) is 0. The minimum atomic E-state index is -4.96. The third-order valence-electron chi connectivity index (χ3n) is 18.4. The largest absolute Gasteiger partial charge is 0.472 e. The molecule has 17 nitrogen and oxygen atoms in total. The topological polar surface area (TPSA) is 237 Å². The van der Waals surface area contributed by atoms with Gasteiger partial charge in [0.25, 0.3) is 0 Å². The summed E-state index contributed by atoms with van der Waals surface area (Å²) in [7, 11) is -9.91. The number of phosphoric ester groups is 2. The molecule has 0 aliphatic heterocycles. The first-order chi connectivity index (χ1) is 47.2. The Labute approximate surface area is 594 Å². The Kier molecular flexibility index (Phi) is 71.0. The molecule has 0 saturated carbocycles. The molecule has 3 N–H and O–H groups in total. The van der Waals surface area contributed by atoms with Crippen molar-refractivity contribution in [2.75, 3.05) is 39.6 Å². The summed E-state index contributed by atoms with van der Waals surface area (Å²) in [5.74, 6) is -2.11. The maximum atomic E-state index is 13.1. The molecule has 97 heavy (non-hydrogen) atoms. The van der Waals surface area contributed by atoms with Crippen molar-refractivity contribution in [3.8, 4) is 0 Å². The van der Waals surface area contributed by atoms with Crippen molar-refractivity contribution in [1.82, 2.24) is 0 Å². The first kappa shape index (κ1) is 95.1. The average molecular weight is 1420 g/mol. The minimum absolute atomic E-state index is 0.108. The average Bonchev–Trinajstić information content (AvgIpc) is 1.10. The second-order valence-electron chi connectivity index (χ2n) is 28.1. The van der Waals surface area contributed by atoms with E-state index in [9.17, 15) is 43.2 Å². The van der Waals surface area contributed by atoms with Crippen LogP contribution in [0.15, 0.2) is 0 Å². The van der Waals surface area contributed by atoms with Crippen molar-refractivity contribution in [1.29, 1.82) is 0 Å². The summed E-state index contributed by atoms with van der Waals surface area (Å²) >= 11 is 0. The lowest BCUT2D eigenvalue weighted by Crippen LogP contribution is -2.30. The molecule has 0 rings (SSSR count). The lowest BCUT2D eigenvalue weighted by molar-refractivity contribution is -0.161. The van der Waals surface area contributed by atoms with Crippen LogP contribution in [0, 0.1) is 0 Å². The number of aliphatic hydroxyl groups is 1. The summed E-state index contributed by atoms with van der Waals surface area (Å²) in [6.45, 7) is 4.97. The summed E-state index contributed by atoms with van der Waals surface area (Å²) < 4.78 is 68.5. The fraction of sp³-hybridized carbons (Fsp3) is 0.949. The molecule has 576 valence electrons. The van der Waals surface area contributed by atoms with Gasteiger partial charge < -0.3 is 33.8 Å². The zero-order chi connectivity index (χ0) is 71.1. The zero-order valence-corrected chi connectivity index (χ0v) is 64.8. The van der Waals surface area contributed by atoms with Gasteiger partial charge in [0.15, 0.2) is 12.2 Å². The van der Waals surface area contributed by atoms with Gasteiger partial charge in [-0.15, -0.1) is 0 Å². The van der Waals surface area contributed by atoms with Gasteiger partial charge in [-0.2, -0.15) is 0 Å². The lowest BCUT2D eigenvalue weighted by Gasteiger charge is -2.21. The van der Waals surface area contributed by atoms with Crippen molar-refractivity contribution in [3.05, 3.63) is 0 Å². The maximum absolute atomic E-state index is 13.1. The molecule has 0 aromatic heterocycles. The van der Waals surface area contributed by atoms with E-state index in [0.717, 1.165) is 103 Å². The number of esters is 4. The van der Waals surface area contributed by atoms with Gasteiger partial charge in [0.05, 0.1) is 26.4 Å². The van der Waals surface area contributed by atoms with Crippen LogP contribution in [0.1, 0.15) is 419 Å². The number of hydrogen-bond donors (Lipinski definition) is 3. The van der Waals surface area contributed by atoms with Crippen molar-refractivity contribution >= 4 is 39.5 Å².